The quantitative estimate of drug-likeness (QED) is 0.646. The minimum absolute atomic E-state index is 0.00557. The van der Waals surface area contributed by atoms with Crippen LogP contribution in [0.25, 0.3) is 22.0 Å². The lowest BCUT2D eigenvalue weighted by atomic mass is 9.82. The molecule has 2 aromatic carbocycles. The van der Waals surface area contributed by atoms with Gasteiger partial charge in [-0.2, -0.15) is 0 Å². The minimum atomic E-state index is -0.895. The molecule has 0 saturated heterocycles. The van der Waals surface area contributed by atoms with Crippen molar-refractivity contribution in [2.45, 2.75) is 6.42 Å². The van der Waals surface area contributed by atoms with Crippen LogP contribution in [0.3, 0.4) is 0 Å². The van der Waals surface area contributed by atoms with Gasteiger partial charge in [-0.05, 0) is 35.1 Å². The van der Waals surface area contributed by atoms with E-state index in [9.17, 15) is 14.7 Å². The number of carboxylic acids is 1. The average Bonchev–Trinajstić information content (AvgIpc) is 3.43. The molecule has 1 amide bonds. The molecule has 5 rings (SSSR count). The van der Waals surface area contributed by atoms with Crippen LogP contribution in [-0.4, -0.2) is 22.0 Å². The first-order chi connectivity index (χ1) is 13.6. The number of carbonyl (C=O) groups is 2. The lowest BCUT2D eigenvalue weighted by Gasteiger charge is -2.23. The van der Waals surface area contributed by atoms with Gasteiger partial charge in [-0.25, -0.2) is 4.98 Å². The van der Waals surface area contributed by atoms with Gasteiger partial charge in [0.15, 0.2) is 5.13 Å². The Morgan fingerprint density at radius 1 is 1.04 bits per heavy atom. The predicted molar refractivity (Wildman–Crippen MR) is 109 cm³/mol. The third-order valence-electron chi connectivity index (χ3n) is 5.83. The number of aromatic nitrogens is 1. The van der Waals surface area contributed by atoms with Gasteiger partial charge in [0.05, 0.1) is 17.5 Å². The van der Waals surface area contributed by atoms with Crippen molar-refractivity contribution < 1.29 is 14.7 Å². The molecule has 4 atom stereocenters. The molecule has 0 spiro atoms. The van der Waals surface area contributed by atoms with Crippen molar-refractivity contribution >= 4 is 39.1 Å². The molecule has 0 radical (unpaired) electrons. The van der Waals surface area contributed by atoms with Gasteiger partial charge in [0.1, 0.15) is 0 Å². The Balaban J connectivity index is 1.37. The summed E-state index contributed by atoms with van der Waals surface area (Å²) in [5, 5.41) is 17.1. The molecule has 0 aliphatic heterocycles. The van der Waals surface area contributed by atoms with Gasteiger partial charge >= 0.3 is 5.97 Å². The molecule has 2 aliphatic carbocycles. The maximum Gasteiger partial charge on any atom is 0.307 e. The molecule has 2 bridgehead atoms. The Morgan fingerprint density at radius 3 is 2.57 bits per heavy atom. The first kappa shape index (κ1) is 17.1. The van der Waals surface area contributed by atoms with Gasteiger partial charge in [0, 0.05) is 10.9 Å². The number of thiazole rings is 1. The van der Waals surface area contributed by atoms with Crippen LogP contribution < -0.4 is 5.32 Å². The van der Waals surface area contributed by atoms with Crippen molar-refractivity contribution in [3.8, 4) is 11.3 Å². The van der Waals surface area contributed by atoms with Crippen LogP contribution in [0.5, 0.6) is 0 Å². The van der Waals surface area contributed by atoms with Crippen molar-refractivity contribution in [2.75, 3.05) is 5.32 Å². The van der Waals surface area contributed by atoms with E-state index in [1.807, 2.05) is 35.7 Å². The SMILES string of the molecule is O=C(O)[C@@H]1[C@H](C(=O)Nc2nc(-c3ccc4ccccc4c3)cs2)[C@H]2C=C[C@H]1C2. The number of allylic oxidation sites excluding steroid dienone is 2. The van der Waals surface area contributed by atoms with E-state index in [-0.39, 0.29) is 17.7 Å². The molecule has 140 valence electrons. The normalized spacial score (nSPS) is 25.3. The van der Waals surface area contributed by atoms with Crippen molar-refractivity contribution in [3.05, 3.63) is 60.0 Å². The number of amides is 1. The largest absolute Gasteiger partial charge is 0.481 e. The Hall–Kier alpha value is -2.99. The molecular weight excluding hydrogens is 372 g/mol. The van der Waals surface area contributed by atoms with Crippen molar-refractivity contribution in [1.82, 2.24) is 4.98 Å². The topological polar surface area (TPSA) is 79.3 Å². The van der Waals surface area contributed by atoms with E-state index in [2.05, 4.69) is 34.6 Å². The van der Waals surface area contributed by atoms with Crippen LogP contribution in [0.2, 0.25) is 0 Å². The van der Waals surface area contributed by atoms with Crippen LogP contribution in [0.1, 0.15) is 6.42 Å². The number of nitrogens with one attached hydrogen (secondary N) is 1. The third kappa shape index (κ3) is 2.81. The summed E-state index contributed by atoms with van der Waals surface area (Å²) in [5.41, 5.74) is 1.79. The van der Waals surface area contributed by atoms with E-state index >= 15 is 0 Å². The standard InChI is InChI=1S/C22H18N2O3S/c25-20(18-15-7-8-16(10-15)19(18)21(26)27)24-22-23-17(11-28-22)14-6-5-12-3-1-2-4-13(12)9-14/h1-9,11,15-16,18-19H,10H2,(H,26,27)(H,23,24,25)/t15-,16-,18+,19-/m0/s1. The summed E-state index contributed by atoms with van der Waals surface area (Å²) in [6.45, 7) is 0. The molecule has 1 heterocycles. The highest BCUT2D eigenvalue weighted by Gasteiger charge is 2.51. The van der Waals surface area contributed by atoms with Crippen LogP contribution in [0.4, 0.5) is 5.13 Å². The molecule has 28 heavy (non-hydrogen) atoms. The highest BCUT2D eigenvalue weighted by molar-refractivity contribution is 7.14. The second kappa shape index (κ2) is 6.56. The lowest BCUT2D eigenvalue weighted by Crippen LogP contribution is -2.36. The first-order valence-electron chi connectivity index (χ1n) is 9.27. The number of rotatable bonds is 4. The lowest BCUT2D eigenvalue weighted by molar-refractivity contribution is -0.146. The van der Waals surface area contributed by atoms with E-state index in [4.69, 9.17) is 0 Å². The Bertz CT molecular complexity index is 1120. The van der Waals surface area contributed by atoms with E-state index < -0.39 is 17.8 Å². The van der Waals surface area contributed by atoms with Crippen LogP contribution >= 0.6 is 11.3 Å². The summed E-state index contributed by atoms with van der Waals surface area (Å²) in [7, 11) is 0. The molecule has 2 N–H and O–H groups in total. The van der Waals surface area contributed by atoms with Crippen LogP contribution in [-0.2, 0) is 9.59 Å². The maximum atomic E-state index is 12.8. The van der Waals surface area contributed by atoms with Crippen molar-refractivity contribution in [3.63, 3.8) is 0 Å². The highest BCUT2D eigenvalue weighted by atomic mass is 32.1. The third-order valence-corrected chi connectivity index (χ3v) is 6.58. The second-order valence-corrected chi connectivity index (χ2v) is 8.29. The Labute approximate surface area is 165 Å². The summed E-state index contributed by atoms with van der Waals surface area (Å²) >= 11 is 1.36. The fraction of sp³-hybridized carbons (Fsp3) is 0.227. The molecule has 1 saturated carbocycles. The van der Waals surface area contributed by atoms with Crippen LogP contribution in [0, 0.1) is 23.7 Å². The van der Waals surface area contributed by atoms with Gasteiger partial charge in [-0.1, -0.05) is 48.6 Å². The summed E-state index contributed by atoms with van der Waals surface area (Å²) in [4.78, 5) is 29.0. The first-order valence-corrected chi connectivity index (χ1v) is 10.1. The monoisotopic (exact) mass is 390 g/mol. The Kier molecular flexibility index (Phi) is 4.02. The zero-order valence-electron chi connectivity index (χ0n) is 14.9. The maximum absolute atomic E-state index is 12.8. The van der Waals surface area contributed by atoms with Gasteiger partial charge in [-0.3, -0.25) is 9.59 Å². The zero-order valence-corrected chi connectivity index (χ0v) is 15.7. The number of aliphatic carboxylic acids is 1. The number of benzene rings is 2. The molecule has 1 aromatic heterocycles. The number of carboxylic acid groups (broad SMARTS) is 1. The molecule has 0 unspecified atom stereocenters. The fourth-order valence-electron chi connectivity index (χ4n) is 4.52. The number of hydrogen-bond donors (Lipinski definition) is 2. The van der Waals surface area contributed by atoms with Gasteiger partial charge in [0.25, 0.3) is 0 Å². The number of nitrogens with zero attached hydrogens (tertiary/aromatic N) is 1. The number of hydrogen-bond acceptors (Lipinski definition) is 4. The minimum Gasteiger partial charge on any atom is -0.481 e. The summed E-state index contributed by atoms with van der Waals surface area (Å²) in [6.07, 6.45) is 4.67. The highest BCUT2D eigenvalue weighted by Crippen LogP contribution is 2.48. The summed E-state index contributed by atoms with van der Waals surface area (Å²) in [6, 6.07) is 14.3. The van der Waals surface area contributed by atoms with E-state index in [0.717, 1.165) is 23.1 Å². The van der Waals surface area contributed by atoms with Gasteiger partial charge < -0.3 is 10.4 Å². The van der Waals surface area contributed by atoms with Crippen molar-refractivity contribution in [1.29, 1.82) is 0 Å². The van der Waals surface area contributed by atoms with Crippen molar-refractivity contribution in [2.24, 2.45) is 23.7 Å². The molecule has 6 heteroatoms. The summed E-state index contributed by atoms with van der Waals surface area (Å²) in [5.74, 6) is -2.35. The van der Waals surface area contributed by atoms with E-state index in [1.165, 1.54) is 16.7 Å². The molecule has 2 aliphatic rings. The smallest absolute Gasteiger partial charge is 0.307 e. The van der Waals surface area contributed by atoms with Crippen LogP contribution in [0.15, 0.2) is 60.0 Å². The average molecular weight is 390 g/mol. The van der Waals surface area contributed by atoms with E-state index in [1.54, 1.807) is 0 Å². The Morgan fingerprint density at radius 2 is 1.79 bits per heavy atom. The molecule has 5 nitrogen and oxygen atoms in total. The number of fused-ring (bicyclic) bond motifs is 3. The van der Waals surface area contributed by atoms with Gasteiger partial charge in [0.2, 0.25) is 5.91 Å². The number of anilines is 1. The fourth-order valence-corrected chi connectivity index (χ4v) is 5.24. The predicted octanol–water partition coefficient (Wildman–Crippen LogP) is 4.42. The zero-order chi connectivity index (χ0) is 19.3. The molecule has 3 aromatic rings. The second-order valence-electron chi connectivity index (χ2n) is 7.43. The van der Waals surface area contributed by atoms with Gasteiger partial charge in [-0.15, -0.1) is 11.3 Å². The van der Waals surface area contributed by atoms with E-state index in [0.29, 0.717) is 5.13 Å². The molecular formula is C22H18N2O3S. The summed E-state index contributed by atoms with van der Waals surface area (Å²) < 4.78 is 0. The number of carbonyl (C=O) groups excluding carboxylic acids is 1. The molecule has 1 fully saturated rings.